The first-order valence-electron chi connectivity index (χ1n) is 9.07. The van der Waals surface area contributed by atoms with Crippen molar-refractivity contribution >= 4 is 11.8 Å². The van der Waals surface area contributed by atoms with Gasteiger partial charge in [0.05, 0.1) is 6.61 Å². The highest BCUT2D eigenvalue weighted by Gasteiger charge is 2.32. The van der Waals surface area contributed by atoms with Crippen LogP contribution in [0, 0.1) is 6.92 Å². The van der Waals surface area contributed by atoms with Crippen LogP contribution < -0.4 is 0 Å². The summed E-state index contributed by atoms with van der Waals surface area (Å²) in [5.74, 6) is 0.0961. The van der Waals surface area contributed by atoms with E-state index in [1.165, 1.54) is 0 Å². The first-order chi connectivity index (χ1) is 12.1. The average molecular weight is 345 g/mol. The van der Waals surface area contributed by atoms with Crippen LogP contribution in [0.25, 0.3) is 0 Å². The lowest BCUT2D eigenvalue weighted by molar-refractivity contribution is -0.150. The van der Waals surface area contributed by atoms with Crippen molar-refractivity contribution < 1.29 is 14.3 Å². The SMILES string of the molecule is CCN1CCOC(C(=O)N2CCN(C(=O)c3ccc(C)cc3)CC2)C1. The zero-order valence-electron chi connectivity index (χ0n) is 15.1. The zero-order valence-corrected chi connectivity index (χ0v) is 15.1. The van der Waals surface area contributed by atoms with Gasteiger partial charge >= 0.3 is 0 Å². The molecule has 6 nitrogen and oxygen atoms in total. The van der Waals surface area contributed by atoms with E-state index in [2.05, 4.69) is 11.8 Å². The minimum Gasteiger partial charge on any atom is -0.366 e. The molecule has 6 heteroatoms. The number of nitrogens with zero attached hydrogens (tertiary/aromatic N) is 3. The summed E-state index contributed by atoms with van der Waals surface area (Å²) in [7, 11) is 0. The molecule has 0 saturated carbocycles. The third-order valence-corrected chi connectivity index (χ3v) is 5.05. The van der Waals surface area contributed by atoms with Crippen molar-refractivity contribution in [3.8, 4) is 0 Å². The van der Waals surface area contributed by atoms with E-state index in [4.69, 9.17) is 4.74 Å². The van der Waals surface area contributed by atoms with Crippen molar-refractivity contribution in [3.05, 3.63) is 35.4 Å². The van der Waals surface area contributed by atoms with Crippen molar-refractivity contribution in [1.29, 1.82) is 0 Å². The Morgan fingerprint density at radius 1 is 1.04 bits per heavy atom. The summed E-state index contributed by atoms with van der Waals surface area (Å²) >= 11 is 0. The number of ether oxygens (including phenoxy) is 1. The molecular formula is C19H27N3O3. The van der Waals surface area contributed by atoms with Crippen LogP contribution in [-0.2, 0) is 9.53 Å². The smallest absolute Gasteiger partial charge is 0.253 e. The van der Waals surface area contributed by atoms with Gasteiger partial charge in [0, 0.05) is 44.8 Å². The van der Waals surface area contributed by atoms with Gasteiger partial charge in [0.2, 0.25) is 0 Å². The molecule has 1 unspecified atom stereocenters. The Morgan fingerprint density at radius 3 is 2.32 bits per heavy atom. The first kappa shape index (κ1) is 17.9. The highest BCUT2D eigenvalue weighted by Crippen LogP contribution is 2.13. The van der Waals surface area contributed by atoms with Gasteiger partial charge in [-0.2, -0.15) is 0 Å². The summed E-state index contributed by atoms with van der Waals surface area (Å²) in [5, 5.41) is 0. The lowest BCUT2D eigenvalue weighted by atomic mass is 10.1. The first-order valence-corrected chi connectivity index (χ1v) is 9.07. The predicted octanol–water partition coefficient (Wildman–Crippen LogP) is 1.00. The molecular weight excluding hydrogens is 318 g/mol. The highest BCUT2D eigenvalue weighted by atomic mass is 16.5. The van der Waals surface area contributed by atoms with Crippen molar-refractivity contribution in [3.63, 3.8) is 0 Å². The van der Waals surface area contributed by atoms with Crippen LogP contribution in [0.2, 0.25) is 0 Å². The summed E-state index contributed by atoms with van der Waals surface area (Å²) in [6, 6.07) is 7.63. The van der Waals surface area contributed by atoms with Crippen molar-refractivity contribution in [2.45, 2.75) is 20.0 Å². The quantitative estimate of drug-likeness (QED) is 0.820. The zero-order chi connectivity index (χ0) is 17.8. The van der Waals surface area contributed by atoms with Gasteiger partial charge in [-0.25, -0.2) is 0 Å². The van der Waals surface area contributed by atoms with Crippen LogP contribution in [0.4, 0.5) is 0 Å². The van der Waals surface area contributed by atoms with Crippen molar-refractivity contribution in [2.24, 2.45) is 0 Å². The molecule has 3 rings (SSSR count). The molecule has 2 aliphatic heterocycles. The molecule has 0 aromatic heterocycles. The fraction of sp³-hybridized carbons (Fsp3) is 0.579. The largest absolute Gasteiger partial charge is 0.366 e. The fourth-order valence-corrected chi connectivity index (χ4v) is 3.35. The Morgan fingerprint density at radius 2 is 1.68 bits per heavy atom. The number of rotatable bonds is 3. The van der Waals surface area contributed by atoms with E-state index in [-0.39, 0.29) is 17.9 Å². The molecule has 2 amide bonds. The number of carbonyl (C=O) groups is 2. The summed E-state index contributed by atoms with van der Waals surface area (Å²) in [6.07, 6.45) is -0.368. The van der Waals surface area contributed by atoms with E-state index < -0.39 is 0 Å². The standard InChI is InChI=1S/C19H27N3O3/c1-3-20-12-13-25-17(14-20)19(24)22-10-8-21(9-11-22)18(23)16-6-4-15(2)5-7-16/h4-7,17H,3,8-14H2,1-2H3. The number of hydrogen-bond donors (Lipinski definition) is 0. The molecule has 0 spiro atoms. The number of amides is 2. The van der Waals surface area contributed by atoms with E-state index in [1.807, 2.05) is 41.0 Å². The van der Waals surface area contributed by atoms with Crippen molar-refractivity contribution in [1.82, 2.24) is 14.7 Å². The molecule has 2 saturated heterocycles. The van der Waals surface area contributed by atoms with Crippen LogP contribution in [0.5, 0.6) is 0 Å². The molecule has 136 valence electrons. The Hall–Kier alpha value is -1.92. The third kappa shape index (κ3) is 4.19. The number of likely N-dealkylation sites (N-methyl/N-ethyl adjacent to an activating group) is 1. The van der Waals surface area contributed by atoms with E-state index in [9.17, 15) is 9.59 Å². The van der Waals surface area contributed by atoms with Crippen LogP contribution in [-0.4, -0.2) is 85.0 Å². The number of carbonyl (C=O) groups excluding carboxylic acids is 2. The fourth-order valence-electron chi connectivity index (χ4n) is 3.35. The Bertz CT molecular complexity index is 609. The molecule has 1 aromatic carbocycles. The topological polar surface area (TPSA) is 53.1 Å². The van der Waals surface area contributed by atoms with Crippen LogP contribution >= 0.6 is 0 Å². The average Bonchev–Trinajstić information content (AvgIpc) is 2.67. The molecule has 0 aliphatic carbocycles. The van der Waals surface area contributed by atoms with Gasteiger partial charge in [0.25, 0.3) is 11.8 Å². The molecule has 0 radical (unpaired) electrons. The second kappa shape index (κ2) is 7.97. The minimum atomic E-state index is -0.368. The monoisotopic (exact) mass is 345 g/mol. The number of morpholine rings is 1. The highest BCUT2D eigenvalue weighted by molar-refractivity contribution is 5.94. The molecule has 1 aromatic rings. The van der Waals surface area contributed by atoms with E-state index in [0.29, 0.717) is 44.9 Å². The number of hydrogen-bond acceptors (Lipinski definition) is 4. The van der Waals surface area contributed by atoms with Crippen LogP contribution in [0.3, 0.4) is 0 Å². The molecule has 0 N–H and O–H groups in total. The summed E-state index contributed by atoms with van der Waals surface area (Å²) in [5.41, 5.74) is 1.85. The summed E-state index contributed by atoms with van der Waals surface area (Å²) in [4.78, 5) is 31.1. The normalized spacial score (nSPS) is 22.1. The van der Waals surface area contributed by atoms with Crippen LogP contribution in [0.1, 0.15) is 22.8 Å². The molecule has 2 fully saturated rings. The second-order valence-corrected chi connectivity index (χ2v) is 6.74. The van der Waals surface area contributed by atoms with Gasteiger partial charge in [-0.05, 0) is 25.6 Å². The number of aryl methyl sites for hydroxylation is 1. The number of piperazine rings is 1. The van der Waals surface area contributed by atoms with Gasteiger partial charge in [0.1, 0.15) is 6.10 Å². The van der Waals surface area contributed by atoms with E-state index in [1.54, 1.807) is 0 Å². The number of benzene rings is 1. The maximum Gasteiger partial charge on any atom is 0.253 e. The molecule has 0 bridgehead atoms. The second-order valence-electron chi connectivity index (χ2n) is 6.74. The maximum atomic E-state index is 12.7. The van der Waals surface area contributed by atoms with Gasteiger partial charge < -0.3 is 14.5 Å². The Kier molecular flexibility index (Phi) is 5.71. The van der Waals surface area contributed by atoms with E-state index in [0.717, 1.165) is 18.7 Å². The Balaban J connectivity index is 1.53. The van der Waals surface area contributed by atoms with Gasteiger partial charge in [-0.15, -0.1) is 0 Å². The van der Waals surface area contributed by atoms with Gasteiger partial charge in [-0.1, -0.05) is 24.6 Å². The summed E-state index contributed by atoms with van der Waals surface area (Å²) < 4.78 is 5.67. The molecule has 1 atom stereocenters. The van der Waals surface area contributed by atoms with Gasteiger partial charge in [0.15, 0.2) is 0 Å². The molecule has 25 heavy (non-hydrogen) atoms. The maximum absolute atomic E-state index is 12.7. The molecule has 2 aliphatic rings. The van der Waals surface area contributed by atoms with Crippen molar-refractivity contribution in [2.75, 3.05) is 52.4 Å². The lowest BCUT2D eigenvalue weighted by Gasteiger charge is -2.38. The lowest BCUT2D eigenvalue weighted by Crippen LogP contribution is -2.56. The van der Waals surface area contributed by atoms with Crippen LogP contribution in [0.15, 0.2) is 24.3 Å². The van der Waals surface area contributed by atoms with E-state index >= 15 is 0 Å². The molecule has 2 heterocycles. The minimum absolute atomic E-state index is 0.0400. The Labute approximate surface area is 149 Å². The summed E-state index contributed by atoms with van der Waals surface area (Å²) in [6.45, 7) is 9.49. The third-order valence-electron chi connectivity index (χ3n) is 5.05. The van der Waals surface area contributed by atoms with Gasteiger partial charge in [-0.3, -0.25) is 14.5 Å². The predicted molar refractivity (Wildman–Crippen MR) is 95.5 cm³/mol.